The molecule has 1 aromatic rings. The minimum atomic E-state index is 0. The van der Waals surface area contributed by atoms with Gasteiger partial charge >= 0.3 is 0 Å². The highest BCUT2D eigenvalue weighted by molar-refractivity contribution is 14.0. The smallest absolute Gasteiger partial charge is 0.191 e. The number of guanidine groups is 1. The lowest BCUT2D eigenvalue weighted by atomic mass is 10.2. The van der Waals surface area contributed by atoms with Gasteiger partial charge in [-0.15, -0.1) is 24.0 Å². The van der Waals surface area contributed by atoms with E-state index in [4.69, 9.17) is 14.1 Å². The largest absolute Gasteiger partial charge is 0.469 e. The molecule has 8 heteroatoms. The summed E-state index contributed by atoms with van der Waals surface area (Å²) < 4.78 is 10.8. The van der Waals surface area contributed by atoms with E-state index in [0.29, 0.717) is 6.04 Å². The number of nitrogens with zero attached hydrogens (tertiary/aromatic N) is 2. The predicted octanol–water partition coefficient (Wildman–Crippen LogP) is 2.20. The van der Waals surface area contributed by atoms with Crippen LogP contribution in [0.15, 0.2) is 27.8 Å². The summed E-state index contributed by atoms with van der Waals surface area (Å²) in [6, 6.07) is 4.48. The molecule has 0 aromatic carbocycles. The Labute approximate surface area is 177 Å². The molecule has 26 heavy (non-hydrogen) atoms. The van der Waals surface area contributed by atoms with Gasteiger partial charge in [0, 0.05) is 44.4 Å². The van der Waals surface area contributed by atoms with Crippen molar-refractivity contribution in [2.45, 2.75) is 25.3 Å². The Morgan fingerprint density at radius 3 is 2.96 bits per heavy atom. The lowest BCUT2D eigenvalue weighted by Gasteiger charge is -2.27. The third-order valence-electron chi connectivity index (χ3n) is 4.53. The highest BCUT2D eigenvalue weighted by atomic mass is 127. The van der Waals surface area contributed by atoms with E-state index in [1.807, 2.05) is 23.9 Å². The van der Waals surface area contributed by atoms with Gasteiger partial charge in [-0.3, -0.25) is 9.89 Å². The first kappa shape index (κ1) is 21.8. The van der Waals surface area contributed by atoms with Crippen molar-refractivity contribution < 1.29 is 9.15 Å². The van der Waals surface area contributed by atoms with Gasteiger partial charge in [0.15, 0.2) is 5.96 Å². The van der Waals surface area contributed by atoms with Gasteiger partial charge in [-0.2, -0.15) is 11.8 Å². The van der Waals surface area contributed by atoms with Crippen LogP contribution >= 0.6 is 35.7 Å². The van der Waals surface area contributed by atoms with Crippen LogP contribution in [-0.2, 0) is 11.2 Å². The zero-order chi connectivity index (χ0) is 17.2. The number of aliphatic imine (C=N–C) groups is 1. The molecule has 3 heterocycles. The normalized spacial score (nSPS) is 21.8. The van der Waals surface area contributed by atoms with Gasteiger partial charge in [-0.05, 0) is 30.7 Å². The topological polar surface area (TPSA) is 62.0 Å². The molecule has 2 aliphatic heterocycles. The van der Waals surface area contributed by atoms with Gasteiger partial charge in [0.2, 0.25) is 0 Å². The maximum absolute atomic E-state index is 5.40. The van der Waals surface area contributed by atoms with Crippen molar-refractivity contribution >= 4 is 41.7 Å². The molecule has 0 saturated carbocycles. The minimum Gasteiger partial charge on any atom is -0.469 e. The molecule has 2 aliphatic rings. The molecule has 0 bridgehead atoms. The van der Waals surface area contributed by atoms with Gasteiger partial charge in [0.25, 0.3) is 0 Å². The lowest BCUT2D eigenvalue weighted by molar-refractivity contribution is 0.0394. The maximum atomic E-state index is 5.40. The molecule has 2 fully saturated rings. The molecule has 0 aliphatic carbocycles. The van der Waals surface area contributed by atoms with Crippen LogP contribution in [0.3, 0.4) is 0 Å². The summed E-state index contributed by atoms with van der Waals surface area (Å²) >= 11 is 2.03. The summed E-state index contributed by atoms with van der Waals surface area (Å²) in [5, 5.41) is 7.09. The highest BCUT2D eigenvalue weighted by Crippen LogP contribution is 2.16. The molecular formula is C18H31IN4O2S. The average Bonchev–Trinajstić information content (AvgIpc) is 3.17. The number of thioether (sulfide) groups is 1. The molecule has 2 N–H and O–H groups in total. The molecule has 3 rings (SSSR count). The fourth-order valence-corrected chi connectivity index (χ4v) is 4.16. The van der Waals surface area contributed by atoms with Crippen molar-refractivity contribution in [3.05, 3.63) is 24.2 Å². The standard InChI is InChI=1S/C18H30N4O2S.HI/c1-4-17(24-11-1)5-6-19-18(21-16-3-2-14-25-15-16)20-7-8-22-9-12-23-13-10-22;/h1,4,11,16H,2-3,5-10,12-15H2,(H2,19,20,21);1H. The molecular weight excluding hydrogens is 463 g/mol. The Morgan fingerprint density at radius 1 is 1.35 bits per heavy atom. The minimum absolute atomic E-state index is 0. The molecule has 2 saturated heterocycles. The monoisotopic (exact) mass is 494 g/mol. The summed E-state index contributed by atoms with van der Waals surface area (Å²) in [5.41, 5.74) is 0. The summed E-state index contributed by atoms with van der Waals surface area (Å²) in [4.78, 5) is 7.22. The summed E-state index contributed by atoms with van der Waals surface area (Å²) in [5.74, 6) is 4.40. The number of halogens is 1. The van der Waals surface area contributed by atoms with E-state index in [-0.39, 0.29) is 24.0 Å². The fourth-order valence-electron chi connectivity index (χ4n) is 3.09. The van der Waals surface area contributed by atoms with Crippen LogP contribution in [0.4, 0.5) is 0 Å². The number of ether oxygens (including phenoxy) is 1. The maximum Gasteiger partial charge on any atom is 0.191 e. The van der Waals surface area contributed by atoms with Gasteiger partial charge in [0.1, 0.15) is 5.76 Å². The molecule has 1 unspecified atom stereocenters. The number of hydrogen-bond donors (Lipinski definition) is 2. The van der Waals surface area contributed by atoms with Gasteiger partial charge < -0.3 is 19.8 Å². The number of hydrogen-bond acceptors (Lipinski definition) is 5. The van der Waals surface area contributed by atoms with Crippen LogP contribution in [0.5, 0.6) is 0 Å². The SMILES string of the molecule is I.c1coc(CCNC(=NCCN2CCOCC2)NC2CCCSC2)c1. The van der Waals surface area contributed by atoms with Crippen molar-refractivity contribution in [1.29, 1.82) is 0 Å². The number of furan rings is 1. The summed E-state index contributed by atoms with van der Waals surface area (Å²) in [6.45, 7) is 6.36. The van der Waals surface area contributed by atoms with Gasteiger partial charge in [0.05, 0.1) is 26.0 Å². The fraction of sp³-hybridized carbons (Fsp3) is 0.722. The third-order valence-corrected chi connectivity index (χ3v) is 5.75. The van der Waals surface area contributed by atoms with Gasteiger partial charge in [-0.1, -0.05) is 0 Å². The van der Waals surface area contributed by atoms with Crippen LogP contribution < -0.4 is 10.6 Å². The van der Waals surface area contributed by atoms with Crippen LogP contribution in [0.2, 0.25) is 0 Å². The molecule has 1 atom stereocenters. The molecule has 0 amide bonds. The molecule has 0 spiro atoms. The van der Waals surface area contributed by atoms with E-state index in [1.165, 1.54) is 24.3 Å². The van der Waals surface area contributed by atoms with Gasteiger partial charge in [-0.25, -0.2) is 0 Å². The van der Waals surface area contributed by atoms with Crippen LogP contribution in [0.1, 0.15) is 18.6 Å². The number of nitrogens with one attached hydrogen (secondary N) is 2. The highest BCUT2D eigenvalue weighted by Gasteiger charge is 2.15. The van der Waals surface area contributed by atoms with Crippen molar-refractivity contribution in [3.8, 4) is 0 Å². The van der Waals surface area contributed by atoms with E-state index < -0.39 is 0 Å². The first-order chi connectivity index (χ1) is 12.4. The van der Waals surface area contributed by atoms with Crippen LogP contribution in [0.25, 0.3) is 0 Å². The Hall–Kier alpha value is -0.450. The summed E-state index contributed by atoms with van der Waals surface area (Å²) in [7, 11) is 0. The second-order valence-electron chi connectivity index (χ2n) is 6.50. The average molecular weight is 494 g/mol. The zero-order valence-electron chi connectivity index (χ0n) is 15.3. The lowest BCUT2D eigenvalue weighted by Crippen LogP contribution is -2.46. The first-order valence-electron chi connectivity index (χ1n) is 9.35. The predicted molar refractivity (Wildman–Crippen MR) is 119 cm³/mol. The Kier molecular flexibility index (Phi) is 10.8. The van der Waals surface area contributed by atoms with E-state index in [9.17, 15) is 0 Å². The zero-order valence-corrected chi connectivity index (χ0v) is 18.5. The van der Waals surface area contributed by atoms with Crippen LogP contribution in [-0.4, -0.2) is 74.3 Å². The Balaban J connectivity index is 0.00000243. The second kappa shape index (κ2) is 12.9. The molecule has 0 radical (unpaired) electrons. The van der Waals surface area contributed by atoms with E-state index in [1.54, 1.807) is 6.26 Å². The first-order valence-corrected chi connectivity index (χ1v) is 10.5. The number of rotatable bonds is 7. The molecule has 1 aromatic heterocycles. The quantitative estimate of drug-likeness (QED) is 0.345. The Morgan fingerprint density at radius 2 is 2.23 bits per heavy atom. The van der Waals surface area contributed by atoms with Crippen molar-refractivity contribution in [1.82, 2.24) is 15.5 Å². The van der Waals surface area contributed by atoms with E-state index >= 15 is 0 Å². The number of morpholine rings is 1. The van der Waals surface area contributed by atoms with Crippen molar-refractivity contribution in [2.75, 3.05) is 57.4 Å². The van der Waals surface area contributed by atoms with E-state index in [0.717, 1.165) is 64.1 Å². The summed E-state index contributed by atoms with van der Waals surface area (Å²) in [6.07, 6.45) is 5.12. The Bertz CT molecular complexity index is 503. The van der Waals surface area contributed by atoms with Crippen LogP contribution in [0, 0.1) is 0 Å². The molecule has 148 valence electrons. The second-order valence-corrected chi connectivity index (χ2v) is 7.65. The third kappa shape index (κ3) is 8.06. The van der Waals surface area contributed by atoms with Crippen molar-refractivity contribution in [3.63, 3.8) is 0 Å². The van der Waals surface area contributed by atoms with Crippen molar-refractivity contribution in [2.24, 2.45) is 4.99 Å². The van der Waals surface area contributed by atoms with E-state index in [2.05, 4.69) is 15.5 Å². The molecule has 6 nitrogen and oxygen atoms in total.